The molecule has 2 rings (SSSR count). The Morgan fingerprint density at radius 1 is 1.33 bits per heavy atom. The molecule has 0 N–H and O–H groups in total. The zero-order chi connectivity index (χ0) is 10.7. The third-order valence-electron chi connectivity index (χ3n) is 2.24. The van der Waals surface area contributed by atoms with E-state index in [1.165, 1.54) is 0 Å². The van der Waals surface area contributed by atoms with E-state index in [9.17, 15) is 0 Å². The predicted octanol–water partition coefficient (Wildman–Crippen LogP) is 2.11. The SMILES string of the molecule is Cc1ccn(Cc2ccccc2C#N)n1. The van der Waals surface area contributed by atoms with Gasteiger partial charge >= 0.3 is 0 Å². The minimum Gasteiger partial charge on any atom is -0.268 e. The Balaban J connectivity index is 2.28. The van der Waals surface area contributed by atoms with Gasteiger partial charge in [0.1, 0.15) is 0 Å². The number of rotatable bonds is 2. The van der Waals surface area contributed by atoms with E-state index in [2.05, 4.69) is 11.2 Å². The lowest BCUT2D eigenvalue weighted by Gasteiger charge is -2.03. The molecule has 0 aliphatic rings. The minimum atomic E-state index is 0.650. The van der Waals surface area contributed by atoms with Gasteiger partial charge in [0.25, 0.3) is 0 Å². The van der Waals surface area contributed by atoms with Crippen LogP contribution in [0.15, 0.2) is 36.5 Å². The highest BCUT2D eigenvalue weighted by atomic mass is 15.3. The Morgan fingerprint density at radius 2 is 2.13 bits per heavy atom. The smallest absolute Gasteiger partial charge is 0.0995 e. The molecule has 0 bridgehead atoms. The van der Waals surface area contributed by atoms with E-state index in [1.54, 1.807) is 0 Å². The van der Waals surface area contributed by atoms with Crippen LogP contribution in [0.25, 0.3) is 0 Å². The highest BCUT2D eigenvalue weighted by Gasteiger charge is 2.01. The third-order valence-corrected chi connectivity index (χ3v) is 2.24. The molecule has 74 valence electrons. The normalized spacial score (nSPS) is 9.87. The van der Waals surface area contributed by atoms with Crippen molar-refractivity contribution in [2.45, 2.75) is 13.5 Å². The molecule has 3 heteroatoms. The first kappa shape index (κ1) is 9.47. The van der Waals surface area contributed by atoms with Crippen molar-refractivity contribution in [3.8, 4) is 6.07 Å². The van der Waals surface area contributed by atoms with Crippen LogP contribution >= 0.6 is 0 Å². The maximum atomic E-state index is 8.92. The standard InChI is InChI=1S/C12H11N3/c1-10-6-7-15(14-10)9-12-5-3-2-4-11(12)8-13/h2-7H,9H2,1H3. The molecule has 0 amide bonds. The summed E-state index contributed by atoms with van der Waals surface area (Å²) < 4.78 is 1.84. The molecule has 15 heavy (non-hydrogen) atoms. The average Bonchev–Trinajstić information content (AvgIpc) is 2.65. The lowest BCUT2D eigenvalue weighted by atomic mass is 10.1. The fourth-order valence-electron chi connectivity index (χ4n) is 1.49. The molecule has 0 unspecified atom stereocenters. The summed E-state index contributed by atoms with van der Waals surface area (Å²) in [6, 6.07) is 11.7. The zero-order valence-electron chi connectivity index (χ0n) is 8.51. The maximum Gasteiger partial charge on any atom is 0.0995 e. The van der Waals surface area contributed by atoms with Crippen LogP contribution in [0.4, 0.5) is 0 Å². The van der Waals surface area contributed by atoms with Gasteiger partial charge in [0, 0.05) is 6.20 Å². The molecule has 1 aromatic heterocycles. The molecule has 0 saturated carbocycles. The topological polar surface area (TPSA) is 41.6 Å². The molecule has 0 spiro atoms. The van der Waals surface area contributed by atoms with Crippen LogP contribution in [0.1, 0.15) is 16.8 Å². The summed E-state index contributed by atoms with van der Waals surface area (Å²) in [6.07, 6.45) is 1.92. The predicted molar refractivity (Wildman–Crippen MR) is 57.2 cm³/mol. The number of aromatic nitrogens is 2. The molecule has 0 atom stereocenters. The fourth-order valence-corrected chi connectivity index (χ4v) is 1.49. The molecular weight excluding hydrogens is 186 g/mol. The van der Waals surface area contributed by atoms with Crippen LogP contribution in [-0.4, -0.2) is 9.78 Å². The molecule has 0 aliphatic carbocycles. The van der Waals surface area contributed by atoms with Crippen LogP contribution < -0.4 is 0 Å². The van der Waals surface area contributed by atoms with E-state index in [4.69, 9.17) is 5.26 Å². The lowest BCUT2D eigenvalue weighted by molar-refractivity contribution is 0.678. The van der Waals surface area contributed by atoms with Crippen LogP contribution in [0.2, 0.25) is 0 Å². The molecule has 1 heterocycles. The van der Waals surface area contributed by atoms with Gasteiger partial charge in [0.05, 0.1) is 23.9 Å². The number of nitriles is 1. The van der Waals surface area contributed by atoms with E-state index in [0.717, 1.165) is 11.3 Å². The first-order valence-corrected chi connectivity index (χ1v) is 4.77. The molecule has 0 fully saturated rings. The van der Waals surface area contributed by atoms with Gasteiger partial charge in [-0.15, -0.1) is 0 Å². The summed E-state index contributed by atoms with van der Waals surface area (Å²) in [7, 11) is 0. The van der Waals surface area contributed by atoms with Gasteiger partial charge in [-0.1, -0.05) is 18.2 Å². The molecule has 0 saturated heterocycles. The van der Waals surface area contributed by atoms with Crippen molar-refractivity contribution < 1.29 is 0 Å². The fraction of sp³-hybridized carbons (Fsp3) is 0.167. The summed E-state index contributed by atoms with van der Waals surface area (Å²) in [5.41, 5.74) is 2.71. The largest absolute Gasteiger partial charge is 0.268 e. The van der Waals surface area contributed by atoms with E-state index in [-0.39, 0.29) is 0 Å². The monoisotopic (exact) mass is 197 g/mol. The van der Waals surface area contributed by atoms with Crippen LogP contribution in [-0.2, 0) is 6.54 Å². The van der Waals surface area contributed by atoms with Gasteiger partial charge in [-0.2, -0.15) is 10.4 Å². The van der Waals surface area contributed by atoms with Gasteiger partial charge in [0.15, 0.2) is 0 Å². The van der Waals surface area contributed by atoms with Gasteiger partial charge in [-0.3, -0.25) is 4.68 Å². The molecular formula is C12H11N3. The van der Waals surface area contributed by atoms with Gasteiger partial charge < -0.3 is 0 Å². The second kappa shape index (κ2) is 3.97. The van der Waals surface area contributed by atoms with Gasteiger partial charge in [-0.25, -0.2) is 0 Å². The highest BCUT2D eigenvalue weighted by molar-refractivity contribution is 5.37. The average molecular weight is 197 g/mol. The second-order valence-electron chi connectivity index (χ2n) is 3.42. The maximum absolute atomic E-state index is 8.92. The zero-order valence-corrected chi connectivity index (χ0v) is 8.51. The summed E-state index contributed by atoms with van der Waals surface area (Å²) in [4.78, 5) is 0. The number of hydrogen-bond donors (Lipinski definition) is 0. The minimum absolute atomic E-state index is 0.650. The summed E-state index contributed by atoms with van der Waals surface area (Å²) in [6.45, 7) is 2.60. The Labute approximate surface area is 88.6 Å². The van der Waals surface area contributed by atoms with E-state index < -0.39 is 0 Å². The molecule has 1 aromatic carbocycles. The quantitative estimate of drug-likeness (QED) is 0.739. The first-order valence-electron chi connectivity index (χ1n) is 4.77. The van der Waals surface area contributed by atoms with E-state index in [0.29, 0.717) is 12.1 Å². The van der Waals surface area contributed by atoms with Gasteiger partial charge in [-0.05, 0) is 24.6 Å². The molecule has 0 aliphatic heterocycles. The van der Waals surface area contributed by atoms with E-state index >= 15 is 0 Å². The summed E-state index contributed by atoms with van der Waals surface area (Å²) in [5.74, 6) is 0. The second-order valence-corrected chi connectivity index (χ2v) is 3.42. The van der Waals surface area contributed by atoms with Crippen molar-refractivity contribution in [3.05, 3.63) is 53.3 Å². The Morgan fingerprint density at radius 3 is 2.80 bits per heavy atom. The summed E-state index contributed by atoms with van der Waals surface area (Å²) in [5, 5.41) is 13.2. The van der Waals surface area contributed by atoms with Crippen molar-refractivity contribution in [1.29, 1.82) is 5.26 Å². The Kier molecular flexibility index (Phi) is 2.51. The van der Waals surface area contributed by atoms with Crippen molar-refractivity contribution in [2.75, 3.05) is 0 Å². The highest BCUT2D eigenvalue weighted by Crippen LogP contribution is 2.09. The summed E-state index contributed by atoms with van der Waals surface area (Å²) >= 11 is 0. The lowest BCUT2D eigenvalue weighted by Crippen LogP contribution is -2.02. The van der Waals surface area contributed by atoms with Crippen LogP contribution in [0.3, 0.4) is 0 Å². The van der Waals surface area contributed by atoms with Crippen molar-refractivity contribution in [1.82, 2.24) is 9.78 Å². The number of hydrogen-bond acceptors (Lipinski definition) is 2. The van der Waals surface area contributed by atoms with Crippen molar-refractivity contribution >= 4 is 0 Å². The molecule has 2 aromatic rings. The van der Waals surface area contributed by atoms with Gasteiger partial charge in [0.2, 0.25) is 0 Å². The van der Waals surface area contributed by atoms with E-state index in [1.807, 2.05) is 48.1 Å². The number of benzene rings is 1. The first-order chi connectivity index (χ1) is 7.29. The number of aryl methyl sites for hydroxylation is 1. The van der Waals surface area contributed by atoms with Crippen molar-refractivity contribution in [3.63, 3.8) is 0 Å². The Hall–Kier alpha value is -2.08. The Bertz CT molecular complexity index is 506. The van der Waals surface area contributed by atoms with Crippen LogP contribution in [0.5, 0.6) is 0 Å². The van der Waals surface area contributed by atoms with Crippen LogP contribution in [0, 0.1) is 18.3 Å². The third kappa shape index (κ3) is 2.05. The van der Waals surface area contributed by atoms with Crippen molar-refractivity contribution in [2.24, 2.45) is 0 Å². The molecule has 3 nitrogen and oxygen atoms in total. The number of nitrogens with zero attached hydrogens (tertiary/aromatic N) is 3. The molecule has 0 radical (unpaired) electrons.